The molecule has 0 saturated carbocycles. The van der Waals surface area contributed by atoms with E-state index in [1.54, 1.807) is 6.07 Å². The normalized spacial score (nSPS) is 10.6. The molecule has 0 fully saturated rings. The van der Waals surface area contributed by atoms with E-state index in [2.05, 4.69) is 15.9 Å². The second kappa shape index (κ2) is 6.12. The maximum atomic E-state index is 13.4. The van der Waals surface area contributed by atoms with E-state index in [9.17, 15) is 4.39 Å². The summed E-state index contributed by atoms with van der Waals surface area (Å²) in [5.74, 6) is -0.253. The molecule has 0 aliphatic rings. The van der Waals surface area contributed by atoms with Crippen molar-refractivity contribution in [2.24, 2.45) is 0 Å². The third-order valence-electron chi connectivity index (χ3n) is 2.83. The van der Waals surface area contributed by atoms with Crippen LogP contribution in [0.4, 0.5) is 4.39 Å². The van der Waals surface area contributed by atoms with Crippen LogP contribution in [0.2, 0.25) is 0 Å². The van der Waals surface area contributed by atoms with Crippen molar-refractivity contribution in [1.29, 1.82) is 0 Å². The molecular weight excluding hydrogens is 295 g/mol. The second-order valence-corrected chi connectivity index (χ2v) is 5.01. The van der Waals surface area contributed by atoms with Crippen molar-refractivity contribution < 1.29 is 9.50 Å². The molecule has 1 nitrogen and oxygen atoms in total. The van der Waals surface area contributed by atoms with Crippen LogP contribution < -0.4 is 0 Å². The molecule has 0 aromatic heterocycles. The van der Waals surface area contributed by atoms with E-state index in [0.29, 0.717) is 4.47 Å². The van der Waals surface area contributed by atoms with E-state index in [-0.39, 0.29) is 12.4 Å². The van der Waals surface area contributed by atoms with Crippen molar-refractivity contribution in [3.8, 4) is 11.1 Å². The minimum Gasteiger partial charge on any atom is -0.396 e. The lowest BCUT2D eigenvalue weighted by Gasteiger charge is -2.05. The summed E-state index contributed by atoms with van der Waals surface area (Å²) in [4.78, 5) is 0. The molecule has 0 saturated heterocycles. The van der Waals surface area contributed by atoms with Crippen molar-refractivity contribution in [2.75, 3.05) is 6.61 Å². The Morgan fingerprint density at radius 1 is 1.00 bits per heavy atom. The van der Waals surface area contributed by atoms with Gasteiger partial charge in [-0.1, -0.05) is 30.3 Å². The van der Waals surface area contributed by atoms with Crippen molar-refractivity contribution in [1.82, 2.24) is 0 Å². The highest BCUT2D eigenvalue weighted by molar-refractivity contribution is 9.10. The maximum Gasteiger partial charge on any atom is 0.137 e. The highest BCUT2D eigenvalue weighted by atomic mass is 79.9. The number of benzene rings is 2. The van der Waals surface area contributed by atoms with Gasteiger partial charge in [0.15, 0.2) is 0 Å². The molecule has 0 spiro atoms. The predicted molar refractivity (Wildman–Crippen MR) is 74.9 cm³/mol. The first kappa shape index (κ1) is 13.2. The monoisotopic (exact) mass is 308 g/mol. The van der Waals surface area contributed by atoms with Gasteiger partial charge in [0.1, 0.15) is 5.82 Å². The molecule has 18 heavy (non-hydrogen) atoms. The Morgan fingerprint density at radius 2 is 1.67 bits per heavy atom. The van der Waals surface area contributed by atoms with Crippen LogP contribution in [-0.4, -0.2) is 11.7 Å². The Kier molecular flexibility index (Phi) is 4.50. The van der Waals surface area contributed by atoms with E-state index >= 15 is 0 Å². The SMILES string of the molecule is OCCCc1ccc(-c2ccc(Br)c(F)c2)cc1. The minimum atomic E-state index is -0.253. The molecule has 0 amide bonds. The van der Waals surface area contributed by atoms with Gasteiger partial charge in [-0.2, -0.15) is 0 Å². The van der Waals surface area contributed by atoms with Gasteiger partial charge in [0.05, 0.1) is 4.47 Å². The van der Waals surface area contributed by atoms with Crippen molar-refractivity contribution in [3.05, 3.63) is 58.3 Å². The summed E-state index contributed by atoms with van der Waals surface area (Å²) < 4.78 is 13.9. The number of aryl methyl sites for hydroxylation is 1. The molecule has 0 unspecified atom stereocenters. The van der Waals surface area contributed by atoms with Crippen LogP contribution in [0.15, 0.2) is 46.9 Å². The number of hydrogen-bond donors (Lipinski definition) is 1. The van der Waals surface area contributed by atoms with E-state index in [4.69, 9.17) is 5.11 Å². The Hall–Kier alpha value is -1.19. The fraction of sp³-hybridized carbons (Fsp3) is 0.200. The number of aliphatic hydroxyl groups excluding tert-OH is 1. The quantitative estimate of drug-likeness (QED) is 0.898. The van der Waals surface area contributed by atoms with Crippen LogP contribution in [0.1, 0.15) is 12.0 Å². The number of rotatable bonds is 4. The van der Waals surface area contributed by atoms with Crippen LogP contribution in [-0.2, 0) is 6.42 Å². The van der Waals surface area contributed by atoms with E-state index < -0.39 is 0 Å². The van der Waals surface area contributed by atoms with Crippen molar-refractivity contribution in [3.63, 3.8) is 0 Å². The van der Waals surface area contributed by atoms with Gasteiger partial charge in [0, 0.05) is 6.61 Å². The molecule has 94 valence electrons. The largest absolute Gasteiger partial charge is 0.396 e. The van der Waals surface area contributed by atoms with Crippen LogP contribution >= 0.6 is 15.9 Å². The molecule has 1 N–H and O–H groups in total. The molecule has 2 aromatic rings. The second-order valence-electron chi connectivity index (χ2n) is 4.15. The molecule has 0 radical (unpaired) electrons. The molecule has 0 atom stereocenters. The standard InChI is InChI=1S/C15H14BrFO/c16-14-8-7-13(10-15(14)17)12-5-3-11(4-6-12)2-1-9-18/h3-8,10,18H,1-2,9H2. The summed E-state index contributed by atoms with van der Waals surface area (Å²) in [6.45, 7) is 0.208. The van der Waals surface area contributed by atoms with Gasteiger partial charge in [-0.3, -0.25) is 0 Å². The summed E-state index contributed by atoms with van der Waals surface area (Å²) in [5, 5.41) is 8.77. The van der Waals surface area contributed by atoms with E-state index in [0.717, 1.165) is 24.0 Å². The van der Waals surface area contributed by atoms with Gasteiger partial charge in [-0.15, -0.1) is 0 Å². The molecule has 0 heterocycles. The summed E-state index contributed by atoms with van der Waals surface area (Å²) in [6.07, 6.45) is 1.64. The lowest BCUT2D eigenvalue weighted by molar-refractivity contribution is 0.288. The summed E-state index contributed by atoms with van der Waals surface area (Å²) >= 11 is 3.14. The minimum absolute atomic E-state index is 0.208. The fourth-order valence-corrected chi connectivity index (χ4v) is 2.07. The molecule has 0 aliphatic carbocycles. The van der Waals surface area contributed by atoms with Crippen LogP contribution in [0.3, 0.4) is 0 Å². The number of halogens is 2. The lowest BCUT2D eigenvalue weighted by atomic mass is 10.0. The van der Waals surface area contributed by atoms with Crippen LogP contribution in [0.5, 0.6) is 0 Å². The zero-order valence-electron chi connectivity index (χ0n) is 9.87. The summed E-state index contributed by atoms with van der Waals surface area (Å²) in [6, 6.07) is 13.1. The summed E-state index contributed by atoms with van der Waals surface area (Å²) in [5.41, 5.74) is 3.05. The summed E-state index contributed by atoms with van der Waals surface area (Å²) in [7, 11) is 0. The highest BCUT2D eigenvalue weighted by Crippen LogP contribution is 2.24. The Bertz CT molecular complexity index is 523. The van der Waals surface area contributed by atoms with Gasteiger partial charge < -0.3 is 5.11 Å². The molecule has 2 rings (SSSR count). The van der Waals surface area contributed by atoms with Crippen LogP contribution in [0.25, 0.3) is 11.1 Å². The Labute approximate surface area is 114 Å². The molecule has 2 aromatic carbocycles. The molecule has 0 bridgehead atoms. The smallest absolute Gasteiger partial charge is 0.137 e. The van der Waals surface area contributed by atoms with Gasteiger partial charge in [-0.25, -0.2) is 4.39 Å². The predicted octanol–water partition coefficient (Wildman–Crippen LogP) is 4.18. The number of hydrogen-bond acceptors (Lipinski definition) is 1. The first-order chi connectivity index (χ1) is 8.70. The third-order valence-corrected chi connectivity index (χ3v) is 3.47. The van der Waals surface area contributed by atoms with E-state index in [1.165, 1.54) is 11.6 Å². The molecule has 0 aliphatic heterocycles. The topological polar surface area (TPSA) is 20.2 Å². The average Bonchev–Trinajstić information content (AvgIpc) is 2.40. The lowest BCUT2D eigenvalue weighted by Crippen LogP contribution is -1.89. The first-order valence-corrected chi connectivity index (χ1v) is 6.65. The van der Waals surface area contributed by atoms with Crippen molar-refractivity contribution >= 4 is 15.9 Å². The maximum absolute atomic E-state index is 13.4. The van der Waals surface area contributed by atoms with Gasteiger partial charge in [0.2, 0.25) is 0 Å². The first-order valence-electron chi connectivity index (χ1n) is 5.86. The fourth-order valence-electron chi connectivity index (χ4n) is 1.82. The highest BCUT2D eigenvalue weighted by Gasteiger charge is 2.03. The van der Waals surface area contributed by atoms with Gasteiger partial charge >= 0.3 is 0 Å². The zero-order valence-corrected chi connectivity index (χ0v) is 11.5. The Morgan fingerprint density at radius 3 is 2.28 bits per heavy atom. The molecule has 3 heteroatoms. The van der Waals surface area contributed by atoms with Crippen molar-refractivity contribution in [2.45, 2.75) is 12.8 Å². The molecular formula is C15H14BrFO. The Balaban J connectivity index is 2.20. The average molecular weight is 309 g/mol. The zero-order chi connectivity index (χ0) is 13.0. The van der Waals surface area contributed by atoms with Gasteiger partial charge in [0.25, 0.3) is 0 Å². The van der Waals surface area contributed by atoms with Gasteiger partial charge in [-0.05, 0) is 57.6 Å². The van der Waals surface area contributed by atoms with E-state index in [1.807, 2.05) is 30.3 Å². The third kappa shape index (κ3) is 3.18. The van der Waals surface area contributed by atoms with Crippen LogP contribution in [0, 0.1) is 5.82 Å². The number of aliphatic hydroxyl groups is 1.